The van der Waals surface area contributed by atoms with Crippen molar-refractivity contribution in [2.24, 2.45) is 0 Å². The second-order valence-corrected chi connectivity index (χ2v) is 6.51. The smallest absolute Gasteiger partial charge is 0.266 e. The van der Waals surface area contributed by atoms with Crippen LogP contribution >= 0.6 is 0 Å². The van der Waals surface area contributed by atoms with Crippen molar-refractivity contribution in [2.45, 2.75) is 33.8 Å². The van der Waals surface area contributed by atoms with Crippen LogP contribution in [0.15, 0.2) is 42.0 Å². The Balaban J connectivity index is 2.34. The Kier molecular flexibility index (Phi) is 6.62. The maximum absolute atomic E-state index is 12.6. The van der Waals surface area contributed by atoms with Gasteiger partial charge in [-0.15, -0.1) is 0 Å². The molecule has 2 aromatic rings. The van der Waals surface area contributed by atoms with E-state index in [1.54, 1.807) is 25.3 Å². The number of amides is 1. The van der Waals surface area contributed by atoms with Crippen molar-refractivity contribution in [3.8, 4) is 17.6 Å². The molecule has 0 aromatic heterocycles. The lowest BCUT2D eigenvalue weighted by Gasteiger charge is -2.14. The Hall–Kier alpha value is -3.26. The molecule has 2 aromatic carbocycles. The summed E-state index contributed by atoms with van der Waals surface area (Å²) in [6, 6.07) is 13.0. The van der Waals surface area contributed by atoms with Crippen molar-refractivity contribution in [2.75, 3.05) is 12.4 Å². The summed E-state index contributed by atoms with van der Waals surface area (Å²) in [5.74, 6) is 0.730. The van der Waals surface area contributed by atoms with Gasteiger partial charge >= 0.3 is 0 Å². The van der Waals surface area contributed by atoms with Gasteiger partial charge in [-0.2, -0.15) is 5.26 Å². The van der Waals surface area contributed by atoms with Crippen molar-refractivity contribution in [1.29, 1.82) is 5.26 Å². The Morgan fingerprint density at radius 3 is 2.52 bits per heavy atom. The highest BCUT2D eigenvalue weighted by molar-refractivity contribution is 6.10. The van der Waals surface area contributed by atoms with Crippen LogP contribution in [0.3, 0.4) is 0 Å². The van der Waals surface area contributed by atoms with Crippen LogP contribution in [-0.2, 0) is 4.79 Å². The largest absolute Gasteiger partial charge is 0.497 e. The Bertz CT molecular complexity index is 908. The standard InChI is InChI=1S/C22H24N2O3/c1-14(2)27-21-12-19(26-5)8-7-17(21)11-18(13-23)22(25)24-20-9-6-15(3)10-16(20)4/h6-12,14H,1-5H3,(H,24,25)/b18-11+. The van der Waals surface area contributed by atoms with Crippen molar-refractivity contribution in [1.82, 2.24) is 0 Å². The number of hydrogen-bond donors (Lipinski definition) is 1. The third kappa shape index (κ3) is 5.35. The van der Waals surface area contributed by atoms with Crippen LogP contribution in [0.4, 0.5) is 5.69 Å². The molecule has 1 N–H and O–H groups in total. The van der Waals surface area contributed by atoms with Crippen LogP contribution in [0.25, 0.3) is 6.08 Å². The Morgan fingerprint density at radius 2 is 1.93 bits per heavy atom. The van der Waals surface area contributed by atoms with Crippen molar-refractivity contribution in [3.63, 3.8) is 0 Å². The summed E-state index contributed by atoms with van der Waals surface area (Å²) in [6.07, 6.45) is 1.47. The van der Waals surface area contributed by atoms with E-state index in [1.807, 2.05) is 52.0 Å². The van der Waals surface area contributed by atoms with Crippen LogP contribution in [0.5, 0.6) is 11.5 Å². The van der Waals surface area contributed by atoms with Gasteiger partial charge in [-0.25, -0.2) is 0 Å². The predicted octanol–water partition coefficient (Wildman–Crippen LogP) is 4.64. The molecule has 0 aliphatic rings. The molecule has 0 aliphatic heterocycles. The van der Waals surface area contributed by atoms with Crippen molar-refractivity contribution < 1.29 is 14.3 Å². The number of methoxy groups -OCH3 is 1. The number of nitriles is 1. The van der Waals surface area contributed by atoms with E-state index in [2.05, 4.69) is 5.32 Å². The first-order chi connectivity index (χ1) is 12.8. The number of carbonyl (C=O) groups excluding carboxylic acids is 1. The average molecular weight is 364 g/mol. The highest BCUT2D eigenvalue weighted by Crippen LogP contribution is 2.28. The number of nitrogens with zero attached hydrogens (tertiary/aromatic N) is 1. The van der Waals surface area contributed by atoms with Gasteiger partial charge in [0, 0.05) is 17.3 Å². The van der Waals surface area contributed by atoms with E-state index in [9.17, 15) is 10.1 Å². The topological polar surface area (TPSA) is 71.3 Å². The summed E-state index contributed by atoms with van der Waals surface area (Å²) in [6.45, 7) is 7.71. The molecule has 0 saturated heterocycles. The van der Waals surface area contributed by atoms with Gasteiger partial charge in [-0.1, -0.05) is 17.7 Å². The second-order valence-electron chi connectivity index (χ2n) is 6.51. The van der Waals surface area contributed by atoms with Gasteiger partial charge in [0.1, 0.15) is 23.1 Å². The molecular formula is C22H24N2O3. The first kappa shape index (κ1) is 20.1. The fourth-order valence-electron chi connectivity index (χ4n) is 2.56. The van der Waals surface area contributed by atoms with Gasteiger partial charge in [0.25, 0.3) is 5.91 Å². The quantitative estimate of drug-likeness (QED) is 0.598. The Morgan fingerprint density at radius 1 is 1.19 bits per heavy atom. The second kappa shape index (κ2) is 8.91. The lowest BCUT2D eigenvalue weighted by molar-refractivity contribution is -0.112. The normalized spacial score (nSPS) is 11.1. The summed E-state index contributed by atoms with van der Waals surface area (Å²) in [5.41, 5.74) is 3.36. The molecular weight excluding hydrogens is 340 g/mol. The highest BCUT2D eigenvalue weighted by Gasteiger charge is 2.13. The lowest BCUT2D eigenvalue weighted by Crippen LogP contribution is -2.14. The van der Waals surface area contributed by atoms with Crippen LogP contribution in [0.2, 0.25) is 0 Å². The number of carbonyl (C=O) groups is 1. The third-order valence-electron chi connectivity index (χ3n) is 3.88. The number of rotatable bonds is 6. The maximum atomic E-state index is 12.6. The molecule has 0 saturated carbocycles. The Labute approximate surface area is 160 Å². The van der Waals surface area contributed by atoms with E-state index in [0.29, 0.717) is 22.7 Å². The maximum Gasteiger partial charge on any atom is 0.266 e. The van der Waals surface area contributed by atoms with Crippen LogP contribution in [-0.4, -0.2) is 19.1 Å². The van der Waals surface area contributed by atoms with E-state index >= 15 is 0 Å². The fourth-order valence-corrected chi connectivity index (χ4v) is 2.56. The highest BCUT2D eigenvalue weighted by atomic mass is 16.5. The van der Waals surface area contributed by atoms with Crippen LogP contribution < -0.4 is 14.8 Å². The number of ether oxygens (including phenoxy) is 2. The molecule has 0 heterocycles. The number of nitrogens with one attached hydrogen (secondary N) is 1. The first-order valence-electron chi connectivity index (χ1n) is 8.69. The number of hydrogen-bond acceptors (Lipinski definition) is 4. The fraction of sp³-hybridized carbons (Fsp3) is 0.273. The molecule has 0 unspecified atom stereocenters. The molecule has 5 heteroatoms. The first-order valence-corrected chi connectivity index (χ1v) is 8.69. The molecule has 0 spiro atoms. The SMILES string of the molecule is COc1ccc(/C=C(\C#N)C(=O)Nc2ccc(C)cc2C)c(OC(C)C)c1. The van der Waals surface area contributed by atoms with E-state index in [1.165, 1.54) is 6.08 Å². The van der Waals surface area contributed by atoms with Crippen molar-refractivity contribution >= 4 is 17.7 Å². The number of aryl methyl sites for hydroxylation is 2. The summed E-state index contributed by atoms with van der Waals surface area (Å²) in [4.78, 5) is 12.6. The summed E-state index contributed by atoms with van der Waals surface area (Å²) in [5, 5.41) is 12.3. The van der Waals surface area contributed by atoms with Gasteiger partial charge < -0.3 is 14.8 Å². The zero-order chi connectivity index (χ0) is 20.0. The molecule has 0 radical (unpaired) electrons. The minimum Gasteiger partial charge on any atom is -0.497 e. The summed E-state index contributed by atoms with van der Waals surface area (Å²) >= 11 is 0. The van der Waals surface area contributed by atoms with E-state index in [0.717, 1.165) is 11.1 Å². The summed E-state index contributed by atoms with van der Waals surface area (Å²) < 4.78 is 11.0. The zero-order valence-electron chi connectivity index (χ0n) is 16.3. The zero-order valence-corrected chi connectivity index (χ0v) is 16.3. The number of benzene rings is 2. The molecule has 0 bridgehead atoms. The molecule has 0 atom stereocenters. The molecule has 140 valence electrons. The van der Waals surface area contributed by atoms with E-state index < -0.39 is 5.91 Å². The van der Waals surface area contributed by atoms with Gasteiger partial charge in [-0.3, -0.25) is 4.79 Å². The van der Waals surface area contributed by atoms with Crippen LogP contribution in [0, 0.1) is 25.2 Å². The molecule has 2 rings (SSSR count). The minimum atomic E-state index is -0.462. The third-order valence-corrected chi connectivity index (χ3v) is 3.88. The van der Waals surface area contributed by atoms with Gasteiger partial charge in [0.05, 0.1) is 13.2 Å². The molecule has 0 fully saturated rings. The minimum absolute atomic E-state index is 0.00579. The monoisotopic (exact) mass is 364 g/mol. The lowest BCUT2D eigenvalue weighted by atomic mass is 10.1. The molecule has 27 heavy (non-hydrogen) atoms. The van der Waals surface area contributed by atoms with E-state index in [-0.39, 0.29) is 11.7 Å². The predicted molar refractivity (Wildman–Crippen MR) is 107 cm³/mol. The number of anilines is 1. The van der Waals surface area contributed by atoms with Crippen LogP contribution in [0.1, 0.15) is 30.5 Å². The van der Waals surface area contributed by atoms with Gasteiger partial charge in [0.15, 0.2) is 0 Å². The van der Waals surface area contributed by atoms with E-state index in [4.69, 9.17) is 9.47 Å². The van der Waals surface area contributed by atoms with Crippen molar-refractivity contribution in [3.05, 3.63) is 58.7 Å². The molecule has 0 aliphatic carbocycles. The molecule has 5 nitrogen and oxygen atoms in total. The average Bonchev–Trinajstić information content (AvgIpc) is 2.62. The molecule has 1 amide bonds. The summed E-state index contributed by atoms with van der Waals surface area (Å²) in [7, 11) is 1.57. The van der Waals surface area contributed by atoms with Gasteiger partial charge in [0.2, 0.25) is 0 Å². The van der Waals surface area contributed by atoms with Gasteiger partial charge in [-0.05, 0) is 57.5 Å².